The number of hydrogen-bond donors (Lipinski definition) is 0. The van der Waals surface area contributed by atoms with Crippen molar-refractivity contribution in [2.45, 2.75) is 0 Å². The molecule has 15 rings (SSSR count). The van der Waals surface area contributed by atoms with Gasteiger partial charge in [-0.2, -0.15) is 0 Å². The number of benzene rings is 10. The molecule has 0 saturated carbocycles. The molecule has 0 fully saturated rings. The van der Waals surface area contributed by atoms with Gasteiger partial charge < -0.3 is 0 Å². The van der Waals surface area contributed by atoms with Crippen LogP contribution in [0.25, 0.3) is 142 Å². The molecular formula is C70H44N4S. The summed E-state index contributed by atoms with van der Waals surface area (Å²) in [7, 11) is 0. The van der Waals surface area contributed by atoms with Crippen molar-refractivity contribution in [2.75, 3.05) is 0 Å². The van der Waals surface area contributed by atoms with E-state index in [0.717, 1.165) is 78.5 Å². The van der Waals surface area contributed by atoms with Gasteiger partial charge in [-0.3, -0.25) is 9.13 Å². The van der Waals surface area contributed by atoms with Crippen LogP contribution >= 0.6 is 11.3 Å². The van der Waals surface area contributed by atoms with E-state index < -0.39 is 0 Å². The maximum atomic E-state index is 5.28. The highest BCUT2D eigenvalue weighted by Crippen LogP contribution is 2.43. The summed E-state index contributed by atoms with van der Waals surface area (Å²) < 4.78 is 7.25. The van der Waals surface area contributed by atoms with Gasteiger partial charge in [-0.05, 0) is 106 Å². The molecule has 4 nitrogen and oxygen atoms in total. The molecule has 5 heterocycles. The highest BCUT2D eigenvalue weighted by atomic mass is 32.1. The van der Waals surface area contributed by atoms with Gasteiger partial charge >= 0.3 is 0 Å². The van der Waals surface area contributed by atoms with E-state index in [4.69, 9.17) is 9.97 Å². The summed E-state index contributed by atoms with van der Waals surface area (Å²) in [4.78, 5) is 10.6. The van der Waals surface area contributed by atoms with Crippen molar-refractivity contribution in [3.8, 4) is 78.7 Å². The largest absolute Gasteiger partial charge is 0.293 e. The lowest BCUT2D eigenvalue weighted by atomic mass is 9.95. The molecule has 0 aliphatic carbocycles. The fourth-order valence-electron chi connectivity index (χ4n) is 11.5. The first kappa shape index (κ1) is 43.0. The summed E-state index contributed by atoms with van der Waals surface area (Å²) in [6, 6.07) is 96.3. The first-order valence-corrected chi connectivity index (χ1v) is 26.3. The van der Waals surface area contributed by atoms with Crippen molar-refractivity contribution in [1.82, 2.24) is 19.1 Å². The molecule has 0 aliphatic heterocycles. The molecule has 0 amide bonds. The Labute approximate surface area is 437 Å². The summed E-state index contributed by atoms with van der Waals surface area (Å²) >= 11 is 1.86. The van der Waals surface area contributed by atoms with Crippen molar-refractivity contribution < 1.29 is 0 Å². The van der Waals surface area contributed by atoms with E-state index in [1.54, 1.807) is 0 Å². The minimum atomic E-state index is 0.895. The molecule has 15 aromatic rings. The van der Waals surface area contributed by atoms with Crippen LogP contribution in [-0.4, -0.2) is 19.1 Å². The minimum absolute atomic E-state index is 0.895. The zero-order valence-corrected chi connectivity index (χ0v) is 41.4. The van der Waals surface area contributed by atoms with Gasteiger partial charge in [0.2, 0.25) is 0 Å². The molecular weight excluding hydrogens is 929 g/mol. The van der Waals surface area contributed by atoms with Crippen molar-refractivity contribution in [2.24, 2.45) is 0 Å². The summed E-state index contributed by atoms with van der Waals surface area (Å²) in [6.07, 6.45) is 0. The quantitative estimate of drug-likeness (QED) is 0.152. The SMILES string of the molecule is c1ccc(-c2cccc(-n3c4ccccc4c4cccc(-c5cccc(-c6ccc7sc8ccc(-c9cccc(-c%10cccc%11c%12ccccc%12n(-c%12cccc(-c%13ccccc%13)n%12)c%10%11)c9)cc8c7c6)c5)c43)n2)cc1. The summed E-state index contributed by atoms with van der Waals surface area (Å²) in [5.41, 5.74) is 18.0. The average molecular weight is 973 g/mol. The Bertz CT molecular complexity index is 4420. The van der Waals surface area contributed by atoms with E-state index in [1.807, 2.05) is 23.5 Å². The molecule has 5 heteroatoms. The number of para-hydroxylation sites is 4. The smallest absolute Gasteiger partial charge is 0.138 e. The van der Waals surface area contributed by atoms with E-state index in [1.165, 1.54) is 64.0 Å². The topological polar surface area (TPSA) is 35.6 Å². The summed E-state index contributed by atoms with van der Waals surface area (Å²) in [5.74, 6) is 1.79. The Kier molecular flexibility index (Phi) is 10.0. The number of nitrogens with zero attached hydrogens (tertiary/aromatic N) is 4. The van der Waals surface area contributed by atoms with Crippen molar-refractivity contribution in [1.29, 1.82) is 0 Å². The third-order valence-corrected chi connectivity index (χ3v) is 16.1. The maximum absolute atomic E-state index is 5.28. The van der Waals surface area contributed by atoms with Crippen LogP contribution in [0.5, 0.6) is 0 Å². The Morgan fingerprint density at radius 2 is 0.627 bits per heavy atom. The van der Waals surface area contributed by atoms with Gasteiger partial charge in [-0.15, -0.1) is 11.3 Å². The minimum Gasteiger partial charge on any atom is -0.293 e. The van der Waals surface area contributed by atoms with E-state index in [-0.39, 0.29) is 0 Å². The van der Waals surface area contributed by atoms with Crippen LogP contribution in [0.3, 0.4) is 0 Å². The Balaban J connectivity index is 0.817. The lowest BCUT2D eigenvalue weighted by Gasteiger charge is -2.13. The summed E-state index contributed by atoms with van der Waals surface area (Å²) in [5, 5.41) is 7.35. The van der Waals surface area contributed by atoms with Gasteiger partial charge in [0.1, 0.15) is 11.6 Å². The molecule has 10 aromatic carbocycles. The normalized spacial score (nSPS) is 11.7. The van der Waals surface area contributed by atoms with Gasteiger partial charge in [-0.1, -0.05) is 194 Å². The predicted octanol–water partition coefficient (Wildman–Crippen LogP) is 19.0. The molecule has 5 aromatic heterocycles. The highest BCUT2D eigenvalue weighted by Gasteiger charge is 2.20. The zero-order valence-electron chi connectivity index (χ0n) is 40.6. The van der Waals surface area contributed by atoms with Crippen LogP contribution in [0, 0.1) is 0 Å². The van der Waals surface area contributed by atoms with E-state index in [9.17, 15) is 0 Å². The lowest BCUT2D eigenvalue weighted by Crippen LogP contribution is -1.99. The second kappa shape index (κ2) is 17.5. The first-order chi connectivity index (χ1) is 37.2. The van der Waals surface area contributed by atoms with Crippen molar-refractivity contribution >= 4 is 75.1 Å². The third-order valence-electron chi connectivity index (χ3n) is 14.9. The second-order valence-corrected chi connectivity index (χ2v) is 20.4. The van der Waals surface area contributed by atoms with Crippen LogP contribution in [0.1, 0.15) is 0 Å². The molecule has 0 saturated heterocycles. The van der Waals surface area contributed by atoms with Crippen LogP contribution in [-0.2, 0) is 0 Å². The number of thiophene rings is 1. The molecule has 350 valence electrons. The standard InChI is InChI=1S/C70H44N4S/c1-3-17-45(18-4-1)61-31-15-35-67(71-61)73-63-33-9-7-25-55(63)57-29-13-27-53(69(57)73)51-23-11-21-47(41-51)49-37-39-65-59(43-49)60-44-50(38-40-66(60)75-65)48-22-12-24-52(42-48)54-28-14-30-58-56-26-8-10-34-64(56)74(70(54)58)68-36-16-32-62(72-68)46-19-5-2-6-20-46/h1-44H. The van der Waals surface area contributed by atoms with Gasteiger partial charge in [-0.25, -0.2) is 9.97 Å². The van der Waals surface area contributed by atoms with Crippen LogP contribution in [0.2, 0.25) is 0 Å². The second-order valence-electron chi connectivity index (χ2n) is 19.3. The Morgan fingerprint density at radius 1 is 0.253 bits per heavy atom. The van der Waals surface area contributed by atoms with Gasteiger partial charge in [0.15, 0.2) is 0 Å². The number of fused-ring (bicyclic) bond motifs is 9. The molecule has 0 bridgehead atoms. The molecule has 0 atom stereocenters. The molecule has 75 heavy (non-hydrogen) atoms. The molecule has 0 spiro atoms. The fraction of sp³-hybridized carbons (Fsp3) is 0. The molecule has 0 N–H and O–H groups in total. The van der Waals surface area contributed by atoms with E-state index in [2.05, 4.69) is 264 Å². The van der Waals surface area contributed by atoms with Crippen LogP contribution < -0.4 is 0 Å². The first-order valence-electron chi connectivity index (χ1n) is 25.5. The Hall–Kier alpha value is -9.68. The zero-order chi connectivity index (χ0) is 49.4. The highest BCUT2D eigenvalue weighted by molar-refractivity contribution is 7.25. The number of aromatic nitrogens is 4. The van der Waals surface area contributed by atoms with Gasteiger partial charge in [0.25, 0.3) is 0 Å². The number of pyridine rings is 2. The number of hydrogen-bond acceptors (Lipinski definition) is 3. The molecule has 0 unspecified atom stereocenters. The van der Waals surface area contributed by atoms with Crippen LogP contribution in [0.15, 0.2) is 267 Å². The monoisotopic (exact) mass is 972 g/mol. The Morgan fingerprint density at radius 3 is 1.11 bits per heavy atom. The number of rotatable bonds is 8. The average Bonchev–Trinajstić information content (AvgIpc) is 4.16. The fourth-order valence-corrected chi connectivity index (χ4v) is 12.5. The van der Waals surface area contributed by atoms with Crippen molar-refractivity contribution in [3.05, 3.63) is 267 Å². The van der Waals surface area contributed by atoms with Gasteiger partial charge in [0, 0.05) is 64.0 Å². The lowest BCUT2D eigenvalue weighted by molar-refractivity contribution is 1.08. The summed E-state index contributed by atoms with van der Waals surface area (Å²) in [6.45, 7) is 0. The van der Waals surface area contributed by atoms with Crippen LogP contribution in [0.4, 0.5) is 0 Å². The molecule has 0 radical (unpaired) electrons. The molecule has 0 aliphatic rings. The van der Waals surface area contributed by atoms with E-state index in [0.29, 0.717) is 0 Å². The predicted molar refractivity (Wildman–Crippen MR) is 316 cm³/mol. The van der Waals surface area contributed by atoms with Crippen molar-refractivity contribution in [3.63, 3.8) is 0 Å². The van der Waals surface area contributed by atoms with E-state index >= 15 is 0 Å². The third kappa shape index (κ3) is 7.20. The maximum Gasteiger partial charge on any atom is 0.138 e. The van der Waals surface area contributed by atoms with Gasteiger partial charge in [0.05, 0.1) is 33.5 Å².